The summed E-state index contributed by atoms with van der Waals surface area (Å²) in [5, 5.41) is 3.00. The fraction of sp³-hybridized carbons (Fsp3) is 0.533. The quantitative estimate of drug-likeness (QED) is 0.864. The summed E-state index contributed by atoms with van der Waals surface area (Å²) in [6.45, 7) is 0.780. The van der Waals surface area contributed by atoms with E-state index < -0.39 is 6.04 Å². The fourth-order valence-corrected chi connectivity index (χ4v) is 3.49. The Bertz CT molecular complexity index is 390. The summed E-state index contributed by atoms with van der Waals surface area (Å²) in [6, 6.07) is 9.48. The SMILES string of the molecule is N[C@@H](Cc1ccccc1)C(=O)NCC1CCSCC1. The first-order chi connectivity index (χ1) is 9.25. The van der Waals surface area contributed by atoms with E-state index in [0.29, 0.717) is 12.3 Å². The van der Waals surface area contributed by atoms with Crippen molar-refractivity contribution in [2.24, 2.45) is 11.7 Å². The molecule has 2 rings (SSSR count). The monoisotopic (exact) mass is 278 g/mol. The molecule has 1 saturated heterocycles. The molecule has 1 amide bonds. The molecule has 0 spiro atoms. The van der Waals surface area contributed by atoms with Crippen LogP contribution < -0.4 is 11.1 Å². The zero-order valence-electron chi connectivity index (χ0n) is 11.2. The highest BCUT2D eigenvalue weighted by atomic mass is 32.2. The van der Waals surface area contributed by atoms with Crippen LogP contribution >= 0.6 is 11.8 Å². The normalized spacial score (nSPS) is 17.9. The van der Waals surface area contributed by atoms with E-state index in [-0.39, 0.29) is 5.91 Å². The number of carbonyl (C=O) groups is 1. The molecule has 0 radical (unpaired) electrons. The maximum Gasteiger partial charge on any atom is 0.237 e. The number of nitrogens with one attached hydrogen (secondary N) is 1. The number of amides is 1. The maximum absolute atomic E-state index is 11.9. The van der Waals surface area contributed by atoms with Crippen molar-refractivity contribution in [2.45, 2.75) is 25.3 Å². The Hall–Kier alpha value is -1.00. The standard InChI is InChI=1S/C15H22N2OS/c16-14(10-12-4-2-1-3-5-12)15(18)17-11-13-6-8-19-9-7-13/h1-5,13-14H,6-11,16H2,(H,17,18)/t14-/m0/s1. The second-order valence-electron chi connectivity index (χ2n) is 5.10. The second-order valence-corrected chi connectivity index (χ2v) is 6.32. The predicted molar refractivity (Wildman–Crippen MR) is 81.2 cm³/mol. The van der Waals surface area contributed by atoms with E-state index in [1.807, 2.05) is 42.1 Å². The zero-order valence-corrected chi connectivity index (χ0v) is 12.0. The highest BCUT2D eigenvalue weighted by Crippen LogP contribution is 2.21. The van der Waals surface area contributed by atoms with Gasteiger partial charge in [0.05, 0.1) is 6.04 Å². The molecule has 1 aliphatic heterocycles. The van der Waals surface area contributed by atoms with Crippen molar-refractivity contribution >= 4 is 17.7 Å². The van der Waals surface area contributed by atoms with Gasteiger partial charge >= 0.3 is 0 Å². The van der Waals surface area contributed by atoms with E-state index in [1.165, 1.54) is 24.3 Å². The molecule has 1 aromatic carbocycles. The Balaban J connectivity index is 1.73. The third-order valence-electron chi connectivity index (χ3n) is 3.54. The van der Waals surface area contributed by atoms with Gasteiger partial charge in [-0.25, -0.2) is 0 Å². The molecule has 4 heteroatoms. The molecule has 3 N–H and O–H groups in total. The molecule has 0 aromatic heterocycles. The predicted octanol–water partition coefficient (Wildman–Crippen LogP) is 1.82. The van der Waals surface area contributed by atoms with Gasteiger partial charge in [0.15, 0.2) is 0 Å². The van der Waals surface area contributed by atoms with Gasteiger partial charge in [0.1, 0.15) is 0 Å². The summed E-state index contributed by atoms with van der Waals surface area (Å²) < 4.78 is 0. The maximum atomic E-state index is 11.9. The first-order valence-corrected chi connectivity index (χ1v) is 8.06. The average molecular weight is 278 g/mol. The average Bonchev–Trinajstić information content (AvgIpc) is 2.47. The molecular weight excluding hydrogens is 256 g/mol. The number of hydrogen-bond acceptors (Lipinski definition) is 3. The van der Waals surface area contributed by atoms with Crippen LogP contribution in [0.4, 0.5) is 0 Å². The van der Waals surface area contributed by atoms with E-state index in [1.54, 1.807) is 0 Å². The largest absolute Gasteiger partial charge is 0.354 e. The zero-order chi connectivity index (χ0) is 13.5. The van der Waals surface area contributed by atoms with Crippen molar-refractivity contribution in [1.29, 1.82) is 0 Å². The molecule has 1 aromatic rings. The van der Waals surface area contributed by atoms with Crippen LogP contribution in [-0.2, 0) is 11.2 Å². The molecule has 1 atom stereocenters. The summed E-state index contributed by atoms with van der Waals surface area (Å²) in [5.41, 5.74) is 7.06. The van der Waals surface area contributed by atoms with E-state index in [4.69, 9.17) is 5.73 Å². The molecule has 1 heterocycles. The van der Waals surface area contributed by atoms with Gasteiger partial charge in [0.25, 0.3) is 0 Å². The van der Waals surface area contributed by atoms with Gasteiger partial charge < -0.3 is 11.1 Å². The molecular formula is C15H22N2OS. The van der Waals surface area contributed by atoms with E-state index in [9.17, 15) is 4.79 Å². The molecule has 0 unspecified atom stereocenters. The lowest BCUT2D eigenvalue weighted by molar-refractivity contribution is -0.122. The second kappa shape index (κ2) is 7.56. The molecule has 19 heavy (non-hydrogen) atoms. The van der Waals surface area contributed by atoms with Crippen LogP contribution in [-0.4, -0.2) is 30.0 Å². The summed E-state index contributed by atoms with van der Waals surface area (Å²) in [5.74, 6) is 3.05. The van der Waals surface area contributed by atoms with Gasteiger partial charge in [-0.2, -0.15) is 11.8 Å². The minimum atomic E-state index is -0.444. The number of benzene rings is 1. The number of thioether (sulfide) groups is 1. The first kappa shape index (κ1) is 14.4. The Morgan fingerprint density at radius 3 is 2.68 bits per heavy atom. The van der Waals surface area contributed by atoms with Gasteiger partial charge in [-0.3, -0.25) is 4.79 Å². The van der Waals surface area contributed by atoms with Gasteiger partial charge in [0, 0.05) is 6.54 Å². The Labute approximate surface area is 119 Å². The minimum Gasteiger partial charge on any atom is -0.354 e. The van der Waals surface area contributed by atoms with Crippen molar-refractivity contribution < 1.29 is 4.79 Å². The van der Waals surface area contributed by atoms with Gasteiger partial charge in [-0.15, -0.1) is 0 Å². The molecule has 0 aliphatic carbocycles. The lowest BCUT2D eigenvalue weighted by atomic mass is 10.0. The summed E-state index contributed by atoms with van der Waals surface area (Å²) in [6.07, 6.45) is 3.02. The van der Waals surface area contributed by atoms with Crippen LogP contribution in [0, 0.1) is 5.92 Å². The van der Waals surface area contributed by atoms with Crippen molar-refractivity contribution in [3.63, 3.8) is 0 Å². The molecule has 0 saturated carbocycles. The molecule has 1 fully saturated rings. The Morgan fingerprint density at radius 2 is 2.00 bits per heavy atom. The van der Waals surface area contributed by atoms with Gasteiger partial charge in [-0.1, -0.05) is 30.3 Å². The number of carbonyl (C=O) groups excluding carboxylic acids is 1. The Kier molecular flexibility index (Phi) is 5.73. The van der Waals surface area contributed by atoms with Crippen LogP contribution in [0.15, 0.2) is 30.3 Å². The molecule has 1 aliphatic rings. The van der Waals surface area contributed by atoms with Crippen LogP contribution in [0.2, 0.25) is 0 Å². The third-order valence-corrected chi connectivity index (χ3v) is 4.59. The topological polar surface area (TPSA) is 55.1 Å². The van der Waals surface area contributed by atoms with Crippen molar-refractivity contribution in [1.82, 2.24) is 5.32 Å². The van der Waals surface area contributed by atoms with Crippen molar-refractivity contribution in [3.05, 3.63) is 35.9 Å². The van der Waals surface area contributed by atoms with Crippen molar-refractivity contribution in [2.75, 3.05) is 18.1 Å². The summed E-state index contributed by atoms with van der Waals surface area (Å²) in [7, 11) is 0. The fourth-order valence-electron chi connectivity index (χ4n) is 2.29. The van der Waals surface area contributed by atoms with Gasteiger partial charge in [-0.05, 0) is 42.2 Å². The molecule has 104 valence electrons. The van der Waals surface area contributed by atoms with Gasteiger partial charge in [0.2, 0.25) is 5.91 Å². The highest BCUT2D eigenvalue weighted by molar-refractivity contribution is 7.99. The van der Waals surface area contributed by atoms with Crippen LogP contribution in [0.3, 0.4) is 0 Å². The Morgan fingerprint density at radius 1 is 1.32 bits per heavy atom. The minimum absolute atomic E-state index is 0.0259. The molecule has 0 bridgehead atoms. The van der Waals surface area contributed by atoms with E-state index >= 15 is 0 Å². The lowest BCUT2D eigenvalue weighted by Gasteiger charge is -2.22. The molecule has 3 nitrogen and oxygen atoms in total. The summed E-state index contributed by atoms with van der Waals surface area (Å²) in [4.78, 5) is 11.9. The van der Waals surface area contributed by atoms with E-state index in [2.05, 4.69) is 5.32 Å². The van der Waals surface area contributed by atoms with Crippen LogP contribution in [0.5, 0.6) is 0 Å². The highest BCUT2D eigenvalue weighted by Gasteiger charge is 2.17. The number of hydrogen-bond donors (Lipinski definition) is 2. The lowest BCUT2D eigenvalue weighted by Crippen LogP contribution is -2.44. The third kappa shape index (κ3) is 4.88. The first-order valence-electron chi connectivity index (χ1n) is 6.90. The van der Waals surface area contributed by atoms with Crippen LogP contribution in [0.1, 0.15) is 18.4 Å². The number of rotatable bonds is 5. The van der Waals surface area contributed by atoms with Crippen molar-refractivity contribution in [3.8, 4) is 0 Å². The smallest absolute Gasteiger partial charge is 0.237 e. The van der Waals surface area contributed by atoms with Crippen LogP contribution in [0.25, 0.3) is 0 Å². The number of nitrogens with two attached hydrogens (primary N) is 1. The summed E-state index contributed by atoms with van der Waals surface area (Å²) >= 11 is 2.00. The van der Waals surface area contributed by atoms with E-state index in [0.717, 1.165) is 12.1 Å².